The van der Waals surface area contributed by atoms with E-state index in [2.05, 4.69) is 15.8 Å². The van der Waals surface area contributed by atoms with Gasteiger partial charge in [0.2, 0.25) is 0 Å². The van der Waals surface area contributed by atoms with E-state index < -0.39 is 29.9 Å². The van der Waals surface area contributed by atoms with Crippen molar-refractivity contribution in [2.45, 2.75) is 46.3 Å². The second-order valence-electron chi connectivity index (χ2n) is 9.26. The van der Waals surface area contributed by atoms with Crippen molar-refractivity contribution in [1.29, 1.82) is 0 Å². The highest BCUT2D eigenvalue weighted by Crippen LogP contribution is 2.28. The zero-order chi connectivity index (χ0) is 29.2. The molecule has 2 atom stereocenters. The predicted octanol–water partition coefficient (Wildman–Crippen LogP) is 5.88. The van der Waals surface area contributed by atoms with E-state index in [1.807, 2.05) is 13.8 Å². The van der Waals surface area contributed by atoms with Gasteiger partial charge in [-0.3, -0.25) is 9.59 Å². The SMILES string of the molecule is CCOC(=O)c1ccc(-c2ccc(/C=N\NC(=O)[C@H](CC(C)C)NC(=O)[C@H](C)Oc3ccc(Cl)cc3Cl)o2)cc1. The molecule has 3 rings (SSSR count). The lowest BCUT2D eigenvalue weighted by Crippen LogP contribution is -2.49. The fourth-order valence-electron chi connectivity index (χ4n) is 3.61. The van der Waals surface area contributed by atoms with Crippen molar-refractivity contribution in [3.05, 3.63) is 76.0 Å². The monoisotopic (exact) mass is 587 g/mol. The summed E-state index contributed by atoms with van der Waals surface area (Å²) in [6, 6.07) is 14.1. The third kappa shape index (κ3) is 8.86. The molecule has 0 unspecified atom stereocenters. The molecule has 1 aromatic heterocycles. The largest absolute Gasteiger partial charge is 0.479 e. The van der Waals surface area contributed by atoms with Crippen LogP contribution in [0, 0.1) is 5.92 Å². The van der Waals surface area contributed by atoms with Crippen molar-refractivity contribution in [2.24, 2.45) is 11.0 Å². The molecule has 0 aliphatic heterocycles. The van der Waals surface area contributed by atoms with Gasteiger partial charge < -0.3 is 19.2 Å². The second kappa shape index (κ2) is 14.5. The summed E-state index contributed by atoms with van der Waals surface area (Å²) in [5.74, 6) is 0.00787. The molecule has 11 heteroatoms. The lowest BCUT2D eigenvalue weighted by atomic mass is 10.0. The topological polar surface area (TPSA) is 119 Å². The number of halogens is 2. The third-order valence-corrected chi connectivity index (χ3v) is 6.11. The number of esters is 1. The minimum Gasteiger partial charge on any atom is -0.479 e. The molecule has 9 nitrogen and oxygen atoms in total. The molecule has 0 saturated carbocycles. The lowest BCUT2D eigenvalue weighted by molar-refractivity contribution is -0.132. The number of nitrogens with one attached hydrogen (secondary N) is 2. The van der Waals surface area contributed by atoms with Gasteiger partial charge in [-0.25, -0.2) is 10.2 Å². The molecule has 2 N–H and O–H groups in total. The quantitative estimate of drug-likeness (QED) is 0.155. The Morgan fingerprint density at radius 3 is 2.38 bits per heavy atom. The summed E-state index contributed by atoms with van der Waals surface area (Å²) in [7, 11) is 0. The van der Waals surface area contributed by atoms with Crippen LogP contribution in [0.5, 0.6) is 5.75 Å². The number of ether oxygens (including phenoxy) is 2. The van der Waals surface area contributed by atoms with Gasteiger partial charge in [0.15, 0.2) is 6.10 Å². The van der Waals surface area contributed by atoms with E-state index in [9.17, 15) is 14.4 Å². The van der Waals surface area contributed by atoms with Gasteiger partial charge in [-0.05, 0) is 68.7 Å². The summed E-state index contributed by atoms with van der Waals surface area (Å²) < 4.78 is 16.4. The smallest absolute Gasteiger partial charge is 0.338 e. The van der Waals surface area contributed by atoms with Gasteiger partial charge in [-0.15, -0.1) is 0 Å². The van der Waals surface area contributed by atoms with Crippen LogP contribution >= 0.6 is 23.2 Å². The van der Waals surface area contributed by atoms with E-state index in [-0.39, 0.29) is 10.9 Å². The van der Waals surface area contributed by atoms with Crippen molar-refractivity contribution in [1.82, 2.24) is 10.7 Å². The number of nitrogens with zero attached hydrogens (tertiary/aromatic N) is 1. The molecule has 0 saturated heterocycles. The van der Waals surface area contributed by atoms with E-state index in [0.717, 1.165) is 5.56 Å². The van der Waals surface area contributed by atoms with Gasteiger partial charge in [0.25, 0.3) is 11.8 Å². The standard InChI is InChI=1S/C29H31Cl2N3O6/c1-5-38-29(37)20-8-6-19(7-9-20)25-13-11-22(40-25)16-32-34-28(36)24(14-17(2)3)33-27(35)18(4)39-26-12-10-21(30)15-23(26)31/h6-13,15-18,24H,5,14H2,1-4H3,(H,33,35)(H,34,36)/b32-16-/t18-,24-/m0/s1. The van der Waals surface area contributed by atoms with Crippen molar-refractivity contribution in [3.63, 3.8) is 0 Å². The van der Waals surface area contributed by atoms with Crippen molar-refractivity contribution in [3.8, 4) is 17.1 Å². The summed E-state index contributed by atoms with van der Waals surface area (Å²) in [6.07, 6.45) is 0.822. The number of carbonyl (C=O) groups is 3. The van der Waals surface area contributed by atoms with Crippen LogP contribution < -0.4 is 15.5 Å². The Hall–Kier alpha value is -3.82. The minimum atomic E-state index is -0.919. The molecule has 2 amide bonds. The molecular weight excluding hydrogens is 557 g/mol. The van der Waals surface area contributed by atoms with Crippen LogP contribution in [0.3, 0.4) is 0 Å². The molecule has 2 aromatic carbocycles. The summed E-state index contributed by atoms with van der Waals surface area (Å²) in [5.41, 5.74) is 3.66. The molecule has 212 valence electrons. The first-order valence-corrected chi connectivity index (χ1v) is 13.4. The Balaban J connectivity index is 1.59. The van der Waals surface area contributed by atoms with Crippen LogP contribution in [-0.4, -0.2) is 42.8 Å². The lowest BCUT2D eigenvalue weighted by Gasteiger charge is -2.22. The maximum absolute atomic E-state index is 12.9. The van der Waals surface area contributed by atoms with Gasteiger partial charge in [0.1, 0.15) is 23.3 Å². The first-order valence-electron chi connectivity index (χ1n) is 12.7. The molecule has 0 aliphatic rings. The Bertz CT molecular complexity index is 1350. The van der Waals surface area contributed by atoms with Gasteiger partial charge in [-0.1, -0.05) is 49.2 Å². The Kier molecular flexibility index (Phi) is 11.2. The Morgan fingerprint density at radius 2 is 1.73 bits per heavy atom. The second-order valence-corrected chi connectivity index (χ2v) is 10.1. The van der Waals surface area contributed by atoms with Crippen LogP contribution in [0.15, 0.2) is 64.1 Å². The molecule has 1 heterocycles. The van der Waals surface area contributed by atoms with Crippen LogP contribution in [-0.2, 0) is 14.3 Å². The average molecular weight is 588 g/mol. The maximum Gasteiger partial charge on any atom is 0.338 e. The highest BCUT2D eigenvalue weighted by atomic mass is 35.5. The molecule has 0 radical (unpaired) electrons. The van der Waals surface area contributed by atoms with E-state index in [0.29, 0.717) is 40.9 Å². The number of furan rings is 1. The normalized spacial score (nSPS) is 12.7. The van der Waals surface area contributed by atoms with Crippen LogP contribution in [0.2, 0.25) is 10.0 Å². The molecule has 0 fully saturated rings. The maximum atomic E-state index is 12.9. The highest BCUT2D eigenvalue weighted by Gasteiger charge is 2.25. The van der Waals surface area contributed by atoms with Crippen molar-refractivity contribution < 1.29 is 28.3 Å². The van der Waals surface area contributed by atoms with E-state index in [4.69, 9.17) is 37.1 Å². The molecule has 0 spiro atoms. The van der Waals surface area contributed by atoms with Gasteiger partial charge in [-0.2, -0.15) is 5.10 Å². The fourth-order valence-corrected chi connectivity index (χ4v) is 4.06. The summed E-state index contributed by atoms with van der Waals surface area (Å²) in [4.78, 5) is 37.5. The average Bonchev–Trinajstić information content (AvgIpc) is 3.38. The molecule has 3 aromatic rings. The Labute approximate surface area is 242 Å². The van der Waals surface area contributed by atoms with Crippen LogP contribution in [0.25, 0.3) is 11.3 Å². The predicted molar refractivity (Wildman–Crippen MR) is 154 cm³/mol. The van der Waals surface area contributed by atoms with E-state index >= 15 is 0 Å². The fraction of sp³-hybridized carbons (Fsp3) is 0.310. The van der Waals surface area contributed by atoms with Crippen LogP contribution in [0.1, 0.15) is 50.2 Å². The molecule has 0 aliphatic carbocycles. The summed E-state index contributed by atoms with van der Waals surface area (Å²) in [6.45, 7) is 7.48. The van der Waals surface area contributed by atoms with E-state index in [1.54, 1.807) is 62.4 Å². The number of hydrazone groups is 1. The summed E-state index contributed by atoms with van der Waals surface area (Å²) >= 11 is 12.0. The zero-order valence-corrected chi connectivity index (χ0v) is 24.1. The zero-order valence-electron chi connectivity index (χ0n) is 22.6. The minimum absolute atomic E-state index is 0.116. The van der Waals surface area contributed by atoms with Crippen molar-refractivity contribution >= 4 is 47.2 Å². The number of rotatable bonds is 12. The first-order chi connectivity index (χ1) is 19.1. The number of carbonyl (C=O) groups excluding carboxylic acids is 3. The number of hydrogen-bond donors (Lipinski definition) is 2. The molecule has 40 heavy (non-hydrogen) atoms. The van der Waals surface area contributed by atoms with Crippen molar-refractivity contribution in [2.75, 3.05) is 6.61 Å². The Morgan fingerprint density at radius 1 is 1.00 bits per heavy atom. The van der Waals surface area contributed by atoms with Gasteiger partial charge >= 0.3 is 5.97 Å². The van der Waals surface area contributed by atoms with E-state index in [1.165, 1.54) is 12.3 Å². The van der Waals surface area contributed by atoms with Gasteiger partial charge in [0.05, 0.1) is 23.4 Å². The van der Waals surface area contributed by atoms with Gasteiger partial charge in [0, 0.05) is 10.6 Å². The third-order valence-electron chi connectivity index (χ3n) is 5.58. The molecule has 0 bridgehead atoms. The molecular formula is C29H31Cl2N3O6. The number of amides is 2. The number of hydrogen-bond acceptors (Lipinski definition) is 7. The summed E-state index contributed by atoms with van der Waals surface area (Å²) in [5, 5.41) is 7.42. The van der Waals surface area contributed by atoms with Crippen LogP contribution in [0.4, 0.5) is 0 Å². The first kappa shape index (κ1) is 30.7. The number of benzene rings is 2. The highest BCUT2D eigenvalue weighted by molar-refractivity contribution is 6.35.